The van der Waals surface area contributed by atoms with Crippen LogP contribution in [0.1, 0.15) is 75.5 Å². The van der Waals surface area contributed by atoms with Gasteiger partial charge in [0.05, 0.1) is 32.5 Å². The van der Waals surface area contributed by atoms with Crippen LogP contribution in [-0.2, 0) is 16.9 Å². The summed E-state index contributed by atoms with van der Waals surface area (Å²) in [4.78, 5) is 12.5. The highest BCUT2D eigenvalue weighted by atomic mass is 32.2. The first-order valence-corrected chi connectivity index (χ1v) is 15.8. The Kier molecular flexibility index (Phi) is 6.55. The number of rotatable bonds is 5. The first kappa shape index (κ1) is 26.7. The molecule has 1 aliphatic heterocycles. The van der Waals surface area contributed by atoms with Crippen LogP contribution in [0, 0.1) is 12.3 Å². The first-order valence-electron chi connectivity index (χ1n) is 14.3. The molecule has 9 heteroatoms. The largest absolute Gasteiger partial charge is 0.390 e. The second kappa shape index (κ2) is 9.56. The topological polar surface area (TPSA) is 100 Å². The minimum Gasteiger partial charge on any atom is -0.390 e. The molecular weight excluding hydrogens is 510 g/mol. The molecule has 8 nitrogen and oxygen atoms in total. The summed E-state index contributed by atoms with van der Waals surface area (Å²) in [6.45, 7) is 5.98. The third-order valence-electron chi connectivity index (χ3n) is 9.78. The summed E-state index contributed by atoms with van der Waals surface area (Å²) in [5, 5.41) is 13.6. The second-order valence-corrected chi connectivity index (χ2v) is 15.1. The monoisotopic (exact) mass is 551 g/mol. The predicted molar refractivity (Wildman–Crippen MR) is 154 cm³/mol. The van der Waals surface area contributed by atoms with Gasteiger partial charge >= 0.3 is 0 Å². The molecule has 1 saturated heterocycles. The van der Waals surface area contributed by atoms with Crippen LogP contribution in [0.2, 0.25) is 0 Å². The van der Waals surface area contributed by atoms with E-state index in [1.54, 1.807) is 12.1 Å². The van der Waals surface area contributed by atoms with Crippen LogP contribution in [0.3, 0.4) is 0 Å². The van der Waals surface area contributed by atoms with Crippen molar-refractivity contribution in [3.05, 3.63) is 41.7 Å². The van der Waals surface area contributed by atoms with Gasteiger partial charge < -0.3 is 19.9 Å². The van der Waals surface area contributed by atoms with Gasteiger partial charge in [-0.25, -0.2) is 18.4 Å². The van der Waals surface area contributed by atoms with E-state index in [-0.39, 0.29) is 16.6 Å². The number of hydrogen-bond acceptors (Lipinski definition) is 7. The molecule has 1 aromatic carbocycles. The van der Waals surface area contributed by atoms with Crippen molar-refractivity contribution in [2.45, 2.75) is 86.9 Å². The van der Waals surface area contributed by atoms with Gasteiger partial charge in [-0.3, -0.25) is 0 Å². The summed E-state index contributed by atoms with van der Waals surface area (Å²) in [6.07, 6.45) is 9.06. The van der Waals surface area contributed by atoms with E-state index >= 15 is 0 Å². The van der Waals surface area contributed by atoms with Gasteiger partial charge in [0.1, 0.15) is 0 Å². The van der Waals surface area contributed by atoms with Gasteiger partial charge in [0.15, 0.2) is 9.84 Å². The summed E-state index contributed by atoms with van der Waals surface area (Å²) in [5.41, 5.74) is 4.21. The molecule has 0 radical (unpaired) electrons. The van der Waals surface area contributed by atoms with Gasteiger partial charge in [0, 0.05) is 24.8 Å². The number of anilines is 2. The third-order valence-corrected chi connectivity index (χ3v) is 11.9. The lowest BCUT2D eigenvalue weighted by Gasteiger charge is -2.51. The molecule has 3 aromatic rings. The van der Waals surface area contributed by atoms with Gasteiger partial charge in [-0.2, -0.15) is 0 Å². The lowest BCUT2D eigenvalue weighted by Crippen LogP contribution is -2.50. The van der Waals surface area contributed by atoms with Crippen molar-refractivity contribution in [1.29, 1.82) is 0 Å². The highest BCUT2D eigenvalue weighted by Gasteiger charge is 2.50. The van der Waals surface area contributed by atoms with Crippen molar-refractivity contribution >= 4 is 32.5 Å². The number of aryl methyl sites for hydroxylation is 2. The van der Waals surface area contributed by atoms with E-state index in [2.05, 4.69) is 21.8 Å². The zero-order valence-electron chi connectivity index (χ0n) is 23.6. The molecule has 6 rings (SSSR count). The van der Waals surface area contributed by atoms with Crippen LogP contribution in [0.4, 0.5) is 11.6 Å². The van der Waals surface area contributed by atoms with Crippen LogP contribution >= 0.6 is 0 Å². The molecule has 1 spiro atoms. The van der Waals surface area contributed by atoms with E-state index < -0.39 is 15.4 Å². The maximum Gasteiger partial charge on any atom is 0.228 e. The average molecular weight is 552 g/mol. The average Bonchev–Trinajstić information content (AvgIpc) is 3.24. The number of hydrogen-bond donors (Lipinski definition) is 2. The summed E-state index contributed by atoms with van der Waals surface area (Å²) >= 11 is 0. The highest BCUT2D eigenvalue weighted by Crippen LogP contribution is 2.52. The Bertz CT molecular complexity index is 1490. The Labute approximate surface area is 231 Å². The molecule has 2 saturated carbocycles. The fourth-order valence-corrected chi connectivity index (χ4v) is 9.10. The van der Waals surface area contributed by atoms with E-state index in [9.17, 15) is 13.5 Å². The minimum absolute atomic E-state index is 0.222. The number of sulfone groups is 1. The number of nitrogens with zero attached hydrogens (tertiary/aromatic N) is 4. The summed E-state index contributed by atoms with van der Waals surface area (Å²) in [5.74, 6) is 0.775. The van der Waals surface area contributed by atoms with Gasteiger partial charge in [0.25, 0.3) is 0 Å². The second-order valence-electron chi connectivity index (χ2n) is 12.8. The predicted octanol–water partition coefficient (Wildman–Crippen LogP) is 5.08. The number of piperidine rings is 1. The number of benzene rings is 1. The minimum atomic E-state index is -3.36. The standard InChI is InChI=1S/C30H41N5O3S/c1-20-17-22(39(37,38)23-18-30(19-23)12-15-34(3)16-13-30)5-6-24(20)31-28-32-25-9-14-35(4)27(25)26(33-28)21-7-10-29(2,36)11-8-21/h5-6,9,14,17,21,23,36H,7-8,10-13,15-16,18-19H2,1-4H3,(H,31,32,33). The Hall–Kier alpha value is -2.49. The lowest BCUT2D eigenvalue weighted by molar-refractivity contribution is 0.0169. The van der Waals surface area contributed by atoms with Crippen LogP contribution in [0.5, 0.6) is 0 Å². The molecule has 0 atom stereocenters. The van der Waals surface area contributed by atoms with E-state index in [1.807, 2.05) is 39.2 Å². The lowest BCUT2D eigenvalue weighted by atomic mass is 9.63. The Morgan fingerprint density at radius 3 is 2.38 bits per heavy atom. The maximum atomic E-state index is 13.5. The van der Waals surface area contributed by atoms with Gasteiger partial charge in [0.2, 0.25) is 5.95 Å². The molecule has 2 aliphatic carbocycles. The molecule has 210 valence electrons. The molecule has 0 bridgehead atoms. The quantitative estimate of drug-likeness (QED) is 0.456. The fraction of sp³-hybridized carbons (Fsp3) is 0.600. The Morgan fingerprint density at radius 1 is 1.03 bits per heavy atom. The van der Waals surface area contributed by atoms with Gasteiger partial charge in [-0.05, 0) is 121 Å². The summed E-state index contributed by atoms with van der Waals surface area (Å²) in [6, 6.07) is 7.38. The molecule has 0 unspecified atom stereocenters. The van der Waals surface area contributed by atoms with E-state index in [0.717, 1.165) is 92.4 Å². The molecule has 39 heavy (non-hydrogen) atoms. The molecule has 0 amide bonds. The summed E-state index contributed by atoms with van der Waals surface area (Å²) < 4.78 is 29.0. The van der Waals surface area contributed by atoms with Crippen molar-refractivity contribution in [2.75, 3.05) is 25.5 Å². The van der Waals surface area contributed by atoms with E-state index in [0.29, 0.717) is 10.8 Å². The van der Waals surface area contributed by atoms with Crippen molar-refractivity contribution < 1.29 is 13.5 Å². The molecule has 3 heterocycles. The number of nitrogens with one attached hydrogen (secondary N) is 1. The number of aliphatic hydroxyl groups is 1. The molecule has 3 fully saturated rings. The smallest absolute Gasteiger partial charge is 0.228 e. The number of likely N-dealkylation sites (tertiary alicyclic amines) is 1. The fourth-order valence-electron chi connectivity index (χ4n) is 6.97. The zero-order chi connectivity index (χ0) is 27.6. The van der Waals surface area contributed by atoms with Crippen LogP contribution < -0.4 is 5.32 Å². The van der Waals surface area contributed by atoms with Crippen LogP contribution in [-0.4, -0.2) is 63.9 Å². The normalized spacial score (nSPS) is 26.1. The zero-order valence-corrected chi connectivity index (χ0v) is 24.4. The molecule has 2 N–H and O–H groups in total. The highest BCUT2D eigenvalue weighted by molar-refractivity contribution is 7.92. The van der Waals surface area contributed by atoms with E-state index in [4.69, 9.17) is 9.97 Å². The molecule has 3 aliphatic rings. The first-order chi connectivity index (χ1) is 18.4. The van der Waals surface area contributed by atoms with Gasteiger partial charge in [-0.1, -0.05) is 0 Å². The van der Waals surface area contributed by atoms with E-state index in [1.165, 1.54) is 0 Å². The van der Waals surface area contributed by atoms with Crippen molar-refractivity contribution in [1.82, 2.24) is 19.4 Å². The molecule has 2 aromatic heterocycles. The Balaban J connectivity index is 1.22. The van der Waals surface area contributed by atoms with Crippen LogP contribution in [0.15, 0.2) is 35.4 Å². The van der Waals surface area contributed by atoms with Crippen molar-refractivity contribution in [3.63, 3.8) is 0 Å². The maximum absolute atomic E-state index is 13.5. The summed E-state index contributed by atoms with van der Waals surface area (Å²) in [7, 11) is 0.801. The third kappa shape index (κ3) is 4.98. The van der Waals surface area contributed by atoms with Crippen LogP contribution in [0.25, 0.3) is 11.0 Å². The SMILES string of the molecule is Cc1cc(S(=O)(=O)C2CC3(CCN(C)CC3)C2)ccc1Nc1nc(C2CCC(C)(O)CC2)c2c(ccn2C)n1. The van der Waals surface area contributed by atoms with Crippen molar-refractivity contribution in [3.8, 4) is 0 Å². The van der Waals surface area contributed by atoms with Gasteiger partial charge in [-0.15, -0.1) is 0 Å². The number of aromatic nitrogens is 3. The van der Waals surface area contributed by atoms with Crippen molar-refractivity contribution in [2.24, 2.45) is 12.5 Å². The Morgan fingerprint density at radius 2 is 1.72 bits per heavy atom. The number of fused-ring (bicyclic) bond motifs is 1. The molecular formula is C30H41N5O3S.